The number of nitrogens with zero attached hydrogens (tertiary/aromatic N) is 3. The third kappa shape index (κ3) is 4.12. The van der Waals surface area contributed by atoms with Crippen molar-refractivity contribution in [2.45, 2.75) is 32.2 Å². The Morgan fingerprint density at radius 3 is 2.35 bits per heavy atom. The SMILES string of the molecule is COc1ccc(/C=C2/CCC[C@@H]3C2=NN(C(=O)c2scnc2C)[C@H]3c2ccc(OC)cc2)cc1. The van der Waals surface area contributed by atoms with Gasteiger partial charge in [-0.15, -0.1) is 11.3 Å². The van der Waals surface area contributed by atoms with Gasteiger partial charge in [0.25, 0.3) is 5.91 Å². The number of hydrogen-bond donors (Lipinski definition) is 0. The average molecular weight is 474 g/mol. The van der Waals surface area contributed by atoms with Crippen LogP contribution in [0.1, 0.15) is 51.8 Å². The molecular formula is C27H27N3O3S. The lowest BCUT2D eigenvalue weighted by atomic mass is 9.77. The number of hydrazone groups is 1. The predicted octanol–water partition coefficient (Wildman–Crippen LogP) is 5.91. The smallest absolute Gasteiger partial charge is 0.286 e. The van der Waals surface area contributed by atoms with Crippen molar-refractivity contribution in [3.05, 3.63) is 81.3 Å². The Hall–Kier alpha value is -3.45. The van der Waals surface area contributed by atoms with Gasteiger partial charge in [0, 0.05) is 5.92 Å². The molecule has 174 valence electrons. The molecule has 2 atom stereocenters. The molecule has 0 bridgehead atoms. The molecule has 1 aliphatic heterocycles. The summed E-state index contributed by atoms with van der Waals surface area (Å²) in [7, 11) is 3.33. The molecule has 0 N–H and O–H groups in total. The van der Waals surface area contributed by atoms with Crippen molar-refractivity contribution in [1.82, 2.24) is 9.99 Å². The highest BCUT2D eigenvalue weighted by Crippen LogP contribution is 2.45. The van der Waals surface area contributed by atoms with Crippen molar-refractivity contribution in [3.8, 4) is 11.5 Å². The number of allylic oxidation sites excluding steroid dienone is 1. The lowest BCUT2D eigenvalue weighted by Crippen LogP contribution is -2.31. The maximum absolute atomic E-state index is 13.6. The predicted molar refractivity (Wildman–Crippen MR) is 135 cm³/mol. The van der Waals surface area contributed by atoms with Gasteiger partial charge in [-0.2, -0.15) is 5.10 Å². The van der Waals surface area contributed by atoms with E-state index in [9.17, 15) is 4.79 Å². The van der Waals surface area contributed by atoms with E-state index in [-0.39, 0.29) is 17.9 Å². The largest absolute Gasteiger partial charge is 0.497 e. The number of carbonyl (C=O) groups excluding carboxylic acids is 1. The van der Waals surface area contributed by atoms with Gasteiger partial charge in [-0.1, -0.05) is 24.3 Å². The van der Waals surface area contributed by atoms with Crippen LogP contribution in [0.3, 0.4) is 0 Å². The van der Waals surface area contributed by atoms with E-state index in [1.807, 2.05) is 43.3 Å². The Morgan fingerprint density at radius 2 is 1.74 bits per heavy atom. The summed E-state index contributed by atoms with van der Waals surface area (Å²) in [5, 5.41) is 6.66. The molecule has 7 heteroatoms. The molecular weight excluding hydrogens is 446 g/mol. The van der Waals surface area contributed by atoms with E-state index in [1.165, 1.54) is 16.9 Å². The summed E-state index contributed by atoms with van der Waals surface area (Å²) in [6.45, 7) is 1.87. The normalized spacial score (nSPS) is 20.7. The van der Waals surface area contributed by atoms with Gasteiger partial charge in [0.1, 0.15) is 16.4 Å². The summed E-state index contributed by atoms with van der Waals surface area (Å²) in [6, 6.07) is 15.9. The van der Waals surface area contributed by atoms with E-state index in [2.05, 4.69) is 23.2 Å². The molecule has 3 aromatic rings. The topological polar surface area (TPSA) is 64.0 Å². The van der Waals surface area contributed by atoms with Crippen molar-refractivity contribution in [2.75, 3.05) is 14.2 Å². The van der Waals surface area contributed by atoms with Crippen molar-refractivity contribution >= 4 is 29.0 Å². The highest BCUT2D eigenvalue weighted by molar-refractivity contribution is 7.11. The molecule has 1 saturated carbocycles. The molecule has 1 fully saturated rings. The summed E-state index contributed by atoms with van der Waals surface area (Å²) in [4.78, 5) is 18.6. The monoisotopic (exact) mass is 473 g/mol. The first-order valence-corrected chi connectivity index (χ1v) is 12.3. The molecule has 34 heavy (non-hydrogen) atoms. The first-order chi connectivity index (χ1) is 16.6. The minimum atomic E-state index is -0.158. The van der Waals surface area contributed by atoms with Gasteiger partial charge in [-0.05, 0) is 73.2 Å². The Balaban J connectivity index is 1.55. The standard InChI is InChI=1S/C27H27N3O3S/c1-17-26(34-16-28-17)27(31)30-25(19-9-13-22(33-3)14-10-19)23-6-4-5-20(24(23)29-30)15-18-7-11-21(32-2)12-8-18/h7-16,23,25H,4-6H2,1-3H3/b20-15-/t23-,25+/m1/s1. The zero-order valence-electron chi connectivity index (χ0n) is 19.5. The van der Waals surface area contributed by atoms with Crippen LogP contribution in [-0.4, -0.2) is 35.8 Å². The van der Waals surface area contributed by atoms with Crippen LogP contribution in [0.25, 0.3) is 6.08 Å². The molecule has 1 aliphatic carbocycles. The van der Waals surface area contributed by atoms with Crippen molar-refractivity contribution in [3.63, 3.8) is 0 Å². The maximum Gasteiger partial charge on any atom is 0.286 e. The molecule has 0 saturated heterocycles. The van der Waals surface area contributed by atoms with E-state index in [4.69, 9.17) is 14.6 Å². The van der Waals surface area contributed by atoms with Gasteiger partial charge < -0.3 is 9.47 Å². The van der Waals surface area contributed by atoms with Gasteiger partial charge in [-0.25, -0.2) is 9.99 Å². The van der Waals surface area contributed by atoms with E-state index < -0.39 is 0 Å². The van der Waals surface area contributed by atoms with Crippen LogP contribution in [0.5, 0.6) is 11.5 Å². The second-order valence-corrected chi connectivity index (χ2v) is 9.42. The van der Waals surface area contributed by atoms with Gasteiger partial charge in [0.05, 0.1) is 37.2 Å². The number of fused-ring (bicyclic) bond motifs is 1. The molecule has 2 aliphatic rings. The van der Waals surface area contributed by atoms with E-state index in [0.29, 0.717) is 4.88 Å². The molecule has 1 aromatic heterocycles. The Labute approximate surface area is 203 Å². The first-order valence-electron chi connectivity index (χ1n) is 11.4. The third-order valence-corrected chi connectivity index (χ3v) is 7.48. The summed E-state index contributed by atoms with van der Waals surface area (Å²) in [6.07, 6.45) is 5.18. The second-order valence-electron chi connectivity index (χ2n) is 8.56. The van der Waals surface area contributed by atoms with Gasteiger partial charge in [-0.3, -0.25) is 4.79 Å². The molecule has 0 spiro atoms. The summed E-state index contributed by atoms with van der Waals surface area (Å²) in [5.74, 6) is 1.68. The maximum atomic E-state index is 13.6. The number of hydrogen-bond acceptors (Lipinski definition) is 6. The lowest BCUT2D eigenvalue weighted by Gasteiger charge is -2.29. The van der Waals surface area contributed by atoms with Gasteiger partial charge in [0.2, 0.25) is 0 Å². The molecule has 0 unspecified atom stereocenters. The van der Waals surface area contributed by atoms with Crippen LogP contribution in [0.4, 0.5) is 0 Å². The number of ether oxygens (including phenoxy) is 2. The number of carbonyl (C=O) groups is 1. The number of aryl methyl sites for hydroxylation is 1. The first kappa shape index (κ1) is 22.3. The van der Waals surface area contributed by atoms with Gasteiger partial charge in [0.15, 0.2) is 0 Å². The molecule has 0 radical (unpaired) electrons. The Kier molecular flexibility index (Phi) is 6.20. The minimum absolute atomic E-state index is 0.0912. The molecule has 1 amide bonds. The Bertz CT molecular complexity index is 1240. The van der Waals surface area contributed by atoms with Crippen LogP contribution in [0, 0.1) is 12.8 Å². The highest BCUT2D eigenvalue weighted by atomic mass is 32.1. The second kappa shape index (κ2) is 9.43. The number of thiazole rings is 1. The summed E-state index contributed by atoms with van der Waals surface area (Å²) >= 11 is 1.37. The van der Waals surface area contributed by atoms with Crippen LogP contribution < -0.4 is 9.47 Å². The van der Waals surface area contributed by atoms with E-state index >= 15 is 0 Å². The summed E-state index contributed by atoms with van der Waals surface area (Å²) in [5.41, 5.74) is 6.83. The Morgan fingerprint density at radius 1 is 1.06 bits per heavy atom. The lowest BCUT2D eigenvalue weighted by molar-refractivity contribution is 0.0685. The van der Waals surface area contributed by atoms with Crippen LogP contribution in [0.15, 0.2) is 64.7 Å². The fourth-order valence-corrected chi connectivity index (χ4v) is 5.55. The van der Waals surface area contributed by atoms with Crippen LogP contribution in [0.2, 0.25) is 0 Å². The molecule has 5 rings (SSSR count). The van der Waals surface area contributed by atoms with Crippen LogP contribution >= 0.6 is 11.3 Å². The van der Waals surface area contributed by atoms with Crippen molar-refractivity contribution < 1.29 is 14.3 Å². The molecule has 2 aromatic carbocycles. The zero-order chi connectivity index (χ0) is 23.7. The van der Waals surface area contributed by atoms with E-state index in [1.54, 1.807) is 24.7 Å². The fraction of sp³-hybridized carbons (Fsp3) is 0.296. The number of amides is 1. The van der Waals surface area contributed by atoms with Crippen LogP contribution in [-0.2, 0) is 0 Å². The van der Waals surface area contributed by atoms with E-state index in [0.717, 1.165) is 53.3 Å². The van der Waals surface area contributed by atoms with Crippen molar-refractivity contribution in [2.24, 2.45) is 11.0 Å². The molecule has 2 heterocycles. The quantitative estimate of drug-likeness (QED) is 0.462. The summed E-state index contributed by atoms with van der Waals surface area (Å²) < 4.78 is 10.6. The van der Waals surface area contributed by atoms with Crippen molar-refractivity contribution in [1.29, 1.82) is 0 Å². The number of aromatic nitrogens is 1. The fourth-order valence-electron chi connectivity index (χ4n) is 4.81. The van der Waals surface area contributed by atoms with Gasteiger partial charge >= 0.3 is 0 Å². The molecule has 6 nitrogen and oxygen atoms in total. The number of rotatable bonds is 5. The zero-order valence-corrected chi connectivity index (χ0v) is 20.3. The minimum Gasteiger partial charge on any atom is -0.497 e. The highest BCUT2D eigenvalue weighted by Gasteiger charge is 2.44. The average Bonchev–Trinajstić information content (AvgIpc) is 3.48. The number of methoxy groups -OCH3 is 2. The number of benzene rings is 2. The third-order valence-electron chi connectivity index (χ3n) is 6.56.